The lowest BCUT2D eigenvalue weighted by molar-refractivity contribution is -0.133. The minimum atomic E-state index is -3.48. The quantitative estimate of drug-likeness (QED) is 0.837. The number of carbonyl (C=O) groups excluding carboxylic acids is 1. The summed E-state index contributed by atoms with van der Waals surface area (Å²) in [5.41, 5.74) is 0.406. The number of hydrogen-bond donors (Lipinski definition) is 1. The van der Waals surface area contributed by atoms with Crippen LogP contribution in [0.2, 0.25) is 0 Å². The zero-order valence-corrected chi connectivity index (χ0v) is 17.1. The zero-order chi connectivity index (χ0) is 19.5. The van der Waals surface area contributed by atoms with E-state index >= 15 is 0 Å². The van der Waals surface area contributed by atoms with E-state index in [9.17, 15) is 13.2 Å². The van der Waals surface area contributed by atoms with Crippen LogP contribution in [0.4, 0.5) is 5.69 Å². The minimum absolute atomic E-state index is 0.00927. The molecule has 1 aromatic carbocycles. The van der Waals surface area contributed by atoms with Crippen molar-refractivity contribution in [3.63, 3.8) is 0 Å². The summed E-state index contributed by atoms with van der Waals surface area (Å²) in [5, 5.41) is 3.33. The zero-order valence-electron chi connectivity index (χ0n) is 16.3. The molecule has 7 heteroatoms. The minimum Gasteiger partial charge on any atom is -0.476 e. The van der Waals surface area contributed by atoms with Crippen molar-refractivity contribution in [2.75, 3.05) is 16.6 Å². The predicted octanol–water partition coefficient (Wildman–Crippen LogP) is 2.69. The Labute approximate surface area is 166 Å². The first-order valence-corrected chi connectivity index (χ1v) is 12.1. The van der Waals surface area contributed by atoms with E-state index in [1.165, 1.54) is 23.6 Å². The average molecular weight is 405 g/mol. The van der Waals surface area contributed by atoms with Gasteiger partial charge in [0.2, 0.25) is 10.0 Å². The van der Waals surface area contributed by atoms with Gasteiger partial charge in [-0.15, -0.1) is 0 Å². The third-order valence-corrected chi connectivity index (χ3v) is 8.90. The first-order valence-electron chi connectivity index (χ1n) is 10.5. The van der Waals surface area contributed by atoms with Gasteiger partial charge in [-0.25, -0.2) is 8.42 Å². The number of hydrogen-bond acceptors (Lipinski definition) is 4. The van der Waals surface area contributed by atoms with E-state index in [0.29, 0.717) is 11.4 Å². The Morgan fingerprint density at radius 1 is 1.14 bits per heavy atom. The summed E-state index contributed by atoms with van der Waals surface area (Å²) in [6.45, 7) is 1.66. The van der Waals surface area contributed by atoms with E-state index in [-0.39, 0.29) is 23.7 Å². The number of anilines is 1. The number of nitrogens with one attached hydrogen (secondary N) is 1. The molecule has 152 valence electrons. The second-order valence-electron chi connectivity index (χ2n) is 9.19. The Bertz CT molecular complexity index is 862. The topological polar surface area (TPSA) is 75.7 Å². The van der Waals surface area contributed by atoms with Crippen LogP contribution in [0.5, 0.6) is 5.75 Å². The number of para-hydroxylation sites is 2. The average Bonchev–Trinajstić information content (AvgIpc) is 2.65. The number of carbonyl (C=O) groups is 1. The highest BCUT2D eigenvalue weighted by atomic mass is 32.2. The standard InChI is InChI=1S/C21H28N2O4S/c1-2-28(25,26)23-13-19(27-18-6-4-3-5-17(18)23)20(24)22-21-10-14-7-15(11-21)9-16(8-14)12-21/h3-6,14-16,19H,2,7-13H2,1H3,(H,22,24)/t14?,15?,16?,19-,21?/m1/s1. The molecule has 4 bridgehead atoms. The van der Waals surface area contributed by atoms with Crippen molar-refractivity contribution in [1.29, 1.82) is 0 Å². The molecule has 1 heterocycles. The Morgan fingerprint density at radius 3 is 2.36 bits per heavy atom. The van der Waals surface area contributed by atoms with Gasteiger partial charge in [-0.3, -0.25) is 9.10 Å². The Morgan fingerprint density at radius 2 is 1.75 bits per heavy atom. The molecule has 1 amide bonds. The van der Waals surface area contributed by atoms with Crippen LogP contribution in [0.1, 0.15) is 45.4 Å². The van der Waals surface area contributed by atoms with Crippen LogP contribution in [-0.4, -0.2) is 38.3 Å². The van der Waals surface area contributed by atoms with Crippen molar-refractivity contribution in [3.05, 3.63) is 24.3 Å². The number of benzene rings is 1. The fourth-order valence-electron chi connectivity index (χ4n) is 6.36. The molecule has 28 heavy (non-hydrogen) atoms. The maximum Gasteiger partial charge on any atom is 0.263 e. The van der Waals surface area contributed by atoms with Crippen LogP contribution in [0.3, 0.4) is 0 Å². The first-order chi connectivity index (χ1) is 13.4. The van der Waals surface area contributed by atoms with Gasteiger partial charge >= 0.3 is 0 Å². The molecule has 1 aromatic rings. The monoisotopic (exact) mass is 404 g/mol. The summed E-state index contributed by atoms with van der Waals surface area (Å²) in [4.78, 5) is 13.2. The second kappa shape index (κ2) is 6.37. The molecule has 6 nitrogen and oxygen atoms in total. The molecule has 1 atom stereocenters. The van der Waals surface area contributed by atoms with E-state index in [1.54, 1.807) is 31.2 Å². The highest BCUT2D eigenvalue weighted by Gasteiger charge is 2.52. The molecular formula is C21H28N2O4S. The maximum atomic E-state index is 13.2. The molecule has 1 N–H and O–H groups in total. The maximum absolute atomic E-state index is 13.2. The molecule has 0 spiro atoms. The molecule has 0 unspecified atom stereocenters. The van der Waals surface area contributed by atoms with E-state index in [1.807, 2.05) is 0 Å². The lowest BCUT2D eigenvalue weighted by Gasteiger charge is -2.57. The number of amides is 1. The Kier molecular flexibility index (Phi) is 4.16. The smallest absolute Gasteiger partial charge is 0.263 e. The van der Waals surface area contributed by atoms with E-state index in [2.05, 4.69) is 5.32 Å². The fourth-order valence-corrected chi connectivity index (χ4v) is 7.49. The fraction of sp³-hybridized carbons (Fsp3) is 0.667. The van der Waals surface area contributed by atoms with Gasteiger partial charge in [0.05, 0.1) is 18.0 Å². The molecule has 0 saturated heterocycles. The molecule has 5 aliphatic rings. The molecule has 0 radical (unpaired) electrons. The molecule has 0 aromatic heterocycles. The lowest BCUT2D eigenvalue weighted by atomic mass is 9.53. The highest BCUT2D eigenvalue weighted by molar-refractivity contribution is 7.92. The van der Waals surface area contributed by atoms with Gasteiger partial charge in [0.15, 0.2) is 6.10 Å². The summed E-state index contributed by atoms with van der Waals surface area (Å²) in [5.74, 6) is 2.47. The largest absolute Gasteiger partial charge is 0.476 e. The van der Waals surface area contributed by atoms with Crippen LogP contribution in [0, 0.1) is 17.8 Å². The normalized spacial score (nSPS) is 36.0. The van der Waals surface area contributed by atoms with Gasteiger partial charge in [-0.1, -0.05) is 12.1 Å². The summed E-state index contributed by atoms with van der Waals surface area (Å²) in [7, 11) is -3.48. The molecule has 1 aliphatic heterocycles. The van der Waals surface area contributed by atoms with Gasteiger partial charge in [0, 0.05) is 5.54 Å². The van der Waals surface area contributed by atoms with Gasteiger partial charge in [0.25, 0.3) is 5.91 Å². The second-order valence-corrected chi connectivity index (χ2v) is 11.4. The molecule has 4 saturated carbocycles. The van der Waals surface area contributed by atoms with Gasteiger partial charge in [-0.05, 0) is 75.3 Å². The van der Waals surface area contributed by atoms with Crippen molar-refractivity contribution in [2.24, 2.45) is 17.8 Å². The van der Waals surface area contributed by atoms with Crippen LogP contribution >= 0.6 is 0 Å². The predicted molar refractivity (Wildman–Crippen MR) is 107 cm³/mol. The Balaban J connectivity index is 1.39. The molecule has 4 fully saturated rings. The number of rotatable bonds is 4. The van der Waals surface area contributed by atoms with Crippen molar-refractivity contribution >= 4 is 21.6 Å². The SMILES string of the molecule is CCS(=O)(=O)N1C[C@H](C(=O)NC23CC4CC(CC(C4)C2)C3)Oc2ccccc21. The van der Waals surface area contributed by atoms with Crippen molar-refractivity contribution < 1.29 is 17.9 Å². The first kappa shape index (κ1) is 18.3. The molecular weight excluding hydrogens is 376 g/mol. The summed E-state index contributed by atoms with van der Waals surface area (Å²) in [6, 6.07) is 7.05. The summed E-state index contributed by atoms with van der Waals surface area (Å²) < 4.78 is 32.6. The van der Waals surface area contributed by atoms with Crippen molar-refractivity contribution in [2.45, 2.75) is 57.1 Å². The van der Waals surface area contributed by atoms with Crippen LogP contribution in [0.15, 0.2) is 24.3 Å². The Hall–Kier alpha value is -1.76. The van der Waals surface area contributed by atoms with Gasteiger partial charge in [-0.2, -0.15) is 0 Å². The third kappa shape index (κ3) is 2.98. The van der Waals surface area contributed by atoms with E-state index < -0.39 is 16.1 Å². The summed E-state index contributed by atoms with van der Waals surface area (Å²) >= 11 is 0. The third-order valence-electron chi connectivity index (χ3n) is 7.15. The van der Waals surface area contributed by atoms with Gasteiger partial charge in [0.1, 0.15) is 5.75 Å². The number of nitrogens with zero attached hydrogens (tertiary/aromatic N) is 1. The van der Waals surface area contributed by atoms with E-state index in [0.717, 1.165) is 37.0 Å². The number of sulfonamides is 1. The van der Waals surface area contributed by atoms with Crippen LogP contribution in [0.25, 0.3) is 0 Å². The van der Waals surface area contributed by atoms with Crippen LogP contribution in [-0.2, 0) is 14.8 Å². The summed E-state index contributed by atoms with van der Waals surface area (Å²) in [6.07, 6.45) is 6.30. The number of ether oxygens (including phenoxy) is 1. The van der Waals surface area contributed by atoms with Gasteiger partial charge < -0.3 is 10.1 Å². The molecule has 6 rings (SSSR count). The van der Waals surface area contributed by atoms with E-state index in [4.69, 9.17) is 4.74 Å². The van der Waals surface area contributed by atoms with Crippen molar-refractivity contribution in [1.82, 2.24) is 5.32 Å². The number of fused-ring (bicyclic) bond motifs is 1. The van der Waals surface area contributed by atoms with Crippen molar-refractivity contribution in [3.8, 4) is 5.75 Å². The lowest BCUT2D eigenvalue weighted by Crippen LogP contribution is -2.63. The molecule has 4 aliphatic carbocycles. The highest BCUT2D eigenvalue weighted by Crippen LogP contribution is 2.55. The van der Waals surface area contributed by atoms with Crippen LogP contribution < -0.4 is 14.4 Å².